The molecular weight excluding hydrogens is 135 g/mol. The molecule has 0 N–H and O–H groups in total. The van der Waals surface area contributed by atoms with Gasteiger partial charge in [0, 0.05) is 13.2 Å². The zero-order chi connectivity index (χ0) is 7.66. The predicted molar refractivity (Wildman–Crippen MR) is 37.4 cm³/mol. The van der Waals surface area contributed by atoms with Crippen LogP contribution < -0.4 is 0 Å². The van der Waals surface area contributed by atoms with Crippen molar-refractivity contribution in [2.24, 2.45) is 0 Å². The van der Waals surface area contributed by atoms with Crippen molar-refractivity contribution in [2.75, 3.05) is 19.8 Å². The number of ether oxygens (including phenoxy) is 1. The molecule has 0 heterocycles. The molecular formula is C7H15FO2. The Kier molecular flexibility index (Phi) is 8.72. The van der Waals surface area contributed by atoms with Crippen LogP contribution >= 0.6 is 0 Å². The van der Waals surface area contributed by atoms with E-state index in [1.807, 2.05) is 0 Å². The van der Waals surface area contributed by atoms with Crippen molar-refractivity contribution in [3.05, 3.63) is 0 Å². The molecule has 0 fully saturated rings. The van der Waals surface area contributed by atoms with Crippen LogP contribution in [0.15, 0.2) is 0 Å². The third kappa shape index (κ3) is 7.85. The first kappa shape index (κ1) is 9.85. The van der Waals surface area contributed by atoms with E-state index in [2.05, 4.69) is 11.9 Å². The average molecular weight is 150 g/mol. The Bertz CT molecular complexity index is 51.6. The zero-order valence-electron chi connectivity index (χ0n) is 6.44. The molecule has 0 amide bonds. The van der Waals surface area contributed by atoms with E-state index in [0.717, 1.165) is 32.5 Å². The summed E-state index contributed by atoms with van der Waals surface area (Å²) in [6.45, 7) is 3.77. The fourth-order valence-corrected chi connectivity index (χ4v) is 0.607. The largest absolute Gasteiger partial charge is 0.381 e. The highest BCUT2D eigenvalue weighted by Crippen LogP contribution is 1.91. The van der Waals surface area contributed by atoms with Crippen molar-refractivity contribution in [1.29, 1.82) is 0 Å². The van der Waals surface area contributed by atoms with E-state index < -0.39 is 0 Å². The first-order valence-corrected chi connectivity index (χ1v) is 3.73. The number of halogens is 1. The minimum Gasteiger partial charge on any atom is -0.381 e. The van der Waals surface area contributed by atoms with Crippen LogP contribution in [0.3, 0.4) is 0 Å². The van der Waals surface area contributed by atoms with Gasteiger partial charge in [-0.3, -0.25) is 0 Å². The summed E-state index contributed by atoms with van der Waals surface area (Å²) in [5, 5.41) is 0. The Morgan fingerprint density at radius 1 is 1.10 bits per heavy atom. The highest BCUT2D eigenvalue weighted by atomic mass is 19.3. The summed E-state index contributed by atoms with van der Waals surface area (Å²) in [6, 6.07) is 0. The van der Waals surface area contributed by atoms with Gasteiger partial charge < -0.3 is 4.74 Å². The molecule has 0 aliphatic rings. The number of hydrogen-bond donors (Lipinski definition) is 0. The molecule has 0 bridgehead atoms. The summed E-state index contributed by atoms with van der Waals surface area (Å²) in [5.74, 6) is 0. The second kappa shape index (κ2) is 8.85. The van der Waals surface area contributed by atoms with Crippen LogP contribution in [0.25, 0.3) is 0 Å². The van der Waals surface area contributed by atoms with Crippen LogP contribution in [-0.4, -0.2) is 19.8 Å². The smallest absolute Gasteiger partial charge is 0.0877 e. The van der Waals surface area contributed by atoms with E-state index in [4.69, 9.17) is 4.74 Å². The number of rotatable bonds is 7. The zero-order valence-corrected chi connectivity index (χ0v) is 6.44. The van der Waals surface area contributed by atoms with E-state index in [0.29, 0.717) is 0 Å². The molecule has 62 valence electrons. The van der Waals surface area contributed by atoms with Crippen molar-refractivity contribution < 1.29 is 14.2 Å². The lowest BCUT2D eigenvalue weighted by Crippen LogP contribution is -1.96. The topological polar surface area (TPSA) is 18.5 Å². The summed E-state index contributed by atoms with van der Waals surface area (Å²) in [5.41, 5.74) is 0. The van der Waals surface area contributed by atoms with E-state index in [-0.39, 0.29) is 6.61 Å². The fraction of sp³-hybridized carbons (Fsp3) is 1.00. The average Bonchev–Trinajstić information content (AvgIpc) is 1.97. The fourth-order valence-electron chi connectivity index (χ4n) is 0.607. The standard InChI is InChI=1S/C7H15FO2/c1-2-5-9-6-3-4-7-10-8/h2-7H2,1H3. The van der Waals surface area contributed by atoms with Gasteiger partial charge in [0.2, 0.25) is 0 Å². The van der Waals surface area contributed by atoms with Crippen LogP contribution in [-0.2, 0) is 9.68 Å². The van der Waals surface area contributed by atoms with Gasteiger partial charge in [0.25, 0.3) is 0 Å². The lowest BCUT2D eigenvalue weighted by molar-refractivity contribution is -0.133. The van der Waals surface area contributed by atoms with Gasteiger partial charge in [-0.15, -0.1) is 0 Å². The molecule has 0 aliphatic heterocycles. The minimum absolute atomic E-state index is 0.190. The molecule has 2 nitrogen and oxygen atoms in total. The summed E-state index contributed by atoms with van der Waals surface area (Å²) in [6.07, 6.45) is 2.66. The van der Waals surface area contributed by atoms with Gasteiger partial charge in [-0.1, -0.05) is 6.92 Å². The van der Waals surface area contributed by atoms with Gasteiger partial charge in [-0.05, 0) is 23.8 Å². The lowest BCUT2D eigenvalue weighted by atomic mass is 10.3. The second-order valence-corrected chi connectivity index (χ2v) is 2.13. The molecule has 0 aromatic carbocycles. The van der Waals surface area contributed by atoms with E-state index in [9.17, 15) is 4.53 Å². The van der Waals surface area contributed by atoms with Gasteiger partial charge in [0.1, 0.15) is 0 Å². The second-order valence-electron chi connectivity index (χ2n) is 2.13. The minimum atomic E-state index is 0.190. The van der Waals surface area contributed by atoms with Crippen molar-refractivity contribution >= 4 is 0 Å². The molecule has 0 aromatic rings. The Hall–Kier alpha value is -0.150. The summed E-state index contributed by atoms with van der Waals surface area (Å²) >= 11 is 0. The molecule has 0 aromatic heterocycles. The first-order valence-electron chi connectivity index (χ1n) is 3.73. The Morgan fingerprint density at radius 3 is 2.40 bits per heavy atom. The third-order valence-electron chi connectivity index (χ3n) is 1.11. The third-order valence-corrected chi connectivity index (χ3v) is 1.11. The van der Waals surface area contributed by atoms with E-state index >= 15 is 0 Å². The number of unbranched alkanes of at least 4 members (excludes halogenated alkanes) is 1. The monoisotopic (exact) mass is 150 g/mol. The van der Waals surface area contributed by atoms with Crippen molar-refractivity contribution in [3.8, 4) is 0 Å². The van der Waals surface area contributed by atoms with Crippen LogP contribution in [0.5, 0.6) is 0 Å². The first-order chi connectivity index (χ1) is 4.91. The molecule has 0 radical (unpaired) electrons. The molecule has 0 saturated heterocycles. The Morgan fingerprint density at radius 2 is 1.80 bits per heavy atom. The highest BCUT2D eigenvalue weighted by molar-refractivity contribution is 4.36. The Balaban J connectivity index is 2.65. The summed E-state index contributed by atoms with van der Waals surface area (Å²) in [7, 11) is 0. The van der Waals surface area contributed by atoms with Gasteiger partial charge in [0.15, 0.2) is 0 Å². The molecule has 0 rings (SSSR count). The summed E-state index contributed by atoms with van der Waals surface area (Å²) in [4.78, 5) is 3.39. The van der Waals surface area contributed by atoms with Gasteiger partial charge in [-0.25, -0.2) is 0 Å². The molecule has 0 unspecified atom stereocenters. The van der Waals surface area contributed by atoms with Crippen LogP contribution in [0.2, 0.25) is 0 Å². The van der Waals surface area contributed by atoms with Crippen molar-refractivity contribution in [3.63, 3.8) is 0 Å². The van der Waals surface area contributed by atoms with E-state index in [1.165, 1.54) is 0 Å². The normalized spacial score (nSPS) is 10.2. The highest BCUT2D eigenvalue weighted by Gasteiger charge is 1.88. The van der Waals surface area contributed by atoms with Gasteiger partial charge >= 0.3 is 0 Å². The maximum Gasteiger partial charge on any atom is 0.0877 e. The summed E-state index contributed by atoms with van der Waals surface area (Å²) < 4.78 is 16.2. The van der Waals surface area contributed by atoms with E-state index in [1.54, 1.807) is 0 Å². The Labute approximate surface area is 61.2 Å². The molecule has 0 saturated carbocycles. The maximum atomic E-state index is 11.0. The van der Waals surface area contributed by atoms with Crippen LogP contribution in [0.4, 0.5) is 4.53 Å². The predicted octanol–water partition coefficient (Wildman–Crippen LogP) is 2.09. The number of hydrogen-bond acceptors (Lipinski definition) is 2. The molecule has 0 atom stereocenters. The van der Waals surface area contributed by atoms with Gasteiger partial charge in [-0.2, -0.15) is 4.94 Å². The quantitative estimate of drug-likeness (QED) is 0.517. The van der Waals surface area contributed by atoms with Crippen molar-refractivity contribution in [2.45, 2.75) is 26.2 Å². The SMILES string of the molecule is CCCOCCCCOF. The van der Waals surface area contributed by atoms with Gasteiger partial charge in [0.05, 0.1) is 6.61 Å². The lowest BCUT2D eigenvalue weighted by Gasteiger charge is -1.99. The molecule has 0 spiro atoms. The van der Waals surface area contributed by atoms with Crippen LogP contribution in [0.1, 0.15) is 26.2 Å². The van der Waals surface area contributed by atoms with Crippen molar-refractivity contribution in [1.82, 2.24) is 0 Å². The molecule has 10 heavy (non-hydrogen) atoms. The van der Waals surface area contributed by atoms with Crippen LogP contribution in [0, 0.1) is 0 Å². The molecule has 0 aliphatic carbocycles. The molecule has 3 heteroatoms. The maximum absolute atomic E-state index is 11.0.